The molecule has 0 aliphatic carbocycles. The van der Waals surface area contributed by atoms with Gasteiger partial charge in [-0.15, -0.1) is 0 Å². The molecule has 2 amide bonds. The fraction of sp³-hybridized carbons (Fsp3) is 0.467. The Bertz CT molecular complexity index is 484. The fourth-order valence-corrected chi connectivity index (χ4v) is 2.14. The van der Waals surface area contributed by atoms with Gasteiger partial charge in [0, 0.05) is 19.2 Å². The standard InChI is InChI=1S/C15H20N2O3/c1-3-11-4-6-12(7-5-11)16-14(18)9-8-13-10-17(2)15(19)20-13/h4-7,13H,3,8-10H2,1-2H3,(H,16,18). The minimum atomic E-state index is -0.314. The molecule has 1 heterocycles. The molecule has 108 valence electrons. The predicted octanol–water partition coefficient (Wildman–Crippen LogP) is 2.42. The van der Waals surface area contributed by atoms with E-state index in [1.165, 1.54) is 10.5 Å². The van der Waals surface area contributed by atoms with Gasteiger partial charge in [0.1, 0.15) is 6.10 Å². The number of cyclic esters (lactones) is 1. The molecule has 0 radical (unpaired) electrons. The molecule has 0 saturated carbocycles. The van der Waals surface area contributed by atoms with Crippen LogP contribution in [0.1, 0.15) is 25.3 Å². The summed E-state index contributed by atoms with van der Waals surface area (Å²) in [6.07, 6.45) is 1.39. The number of ether oxygens (including phenoxy) is 1. The normalized spacial score (nSPS) is 18.0. The third-order valence-electron chi connectivity index (χ3n) is 3.40. The fourth-order valence-electron chi connectivity index (χ4n) is 2.14. The summed E-state index contributed by atoms with van der Waals surface area (Å²) in [4.78, 5) is 24.5. The van der Waals surface area contributed by atoms with Gasteiger partial charge in [-0.2, -0.15) is 0 Å². The van der Waals surface area contributed by atoms with E-state index in [9.17, 15) is 9.59 Å². The van der Waals surface area contributed by atoms with E-state index < -0.39 is 0 Å². The van der Waals surface area contributed by atoms with Crippen LogP contribution < -0.4 is 5.32 Å². The van der Waals surface area contributed by atoms with E-state index >= 15 is 0 Å². The number of carbonyl (C=O) groups is 2. The van der Waals surface area contributed by atoms with Crippen LogP contribution in [0.15, 0.2) is 24.3 Å². The maximum Gasteiger partial charge on any atom is 0.409 e. The molecule has 5 heteroatoms. The molecule has 20 heavy (non-hydrogen) atoms. The zero-order valence-corrected chi connectivity index (χ0v) is 11.9. The Kier molecular flexibility index (Phi) is 4.61. The van der Waals surface area contributed by atoms with Crippen LogP contribution in [-0.4, -0.2) is 36.6 Å². The quantitative estimate of drug-likeness (QED) is 0.898. The van der Waals surface area contributed by atoms with E-state index in [0.29, 0.717) is 19.4 Å². The van der Waals surface area contributed by atoms with Gasteiger partial charge in [-0.25, -0.2) is 4.79 Å². The Hall–Kier alpha value is -2.04. The number of hydrogen-bond donors (Lipinski definition) is 1. The number of nitrogens with one attached hydrogen (secondary N) is 1. The second-order valence-corrected chi connectivity index (χ2v) is 5.02. The number of amides is 2. The summed E-state index contributed by atoms with van der Waals surface area (Å²) in [5.74, 6) is -0.0557. The molecule has 1 atom stereocenters. The van der Waals surface area contributed by atoms with E-state index in [-0.39, 0.29) is 18.1 Å². The van der Waals surface area contributed by atoms with Crippen molar-refractivity contribution in [3.8, 4) is 0 Å². The molecule has 5 nitrogen and oxygen atoms in total. The zero-order chi connectivity index (χ0) is 14.5. The highest BCUT2D eigenvalue weighted by Gasteiger charge is 2.28. The Morgan fingerprint density at radius 3 is 2.65 bits per heavy atom. The van der Waals surface area contributed by atoms with Crippen LogP contribution in [0.2, 0.25) is 0 Å². The van der Waals surface area contributed by atoms with Crippen molar-refractivity contribution in [3.05, 3.63) is 29.8 Å². The number of likely N-dealkylation sites (N-methyl/N-ethyl adjacent to an activating group) is 1. The molecular formula is C15H20N2O3. The molecule has 1 aromatic carbocycles. The Balaban J connectivity index is 1.76. The van der Waals surface area contributed by atoms with Gasteiger partial charge in [-0.3, -0.25) is 4.79 Å². The molecule has 1 aliphatic rings. The van der Waals surface area contributed by atoms with Gasteiger partial charge in [0.05, 0.1) is 6.54 Å². The summed E-state index contributed by atoms with van der Waals surface area (Å²) in [6, 6.07) is 7.81. The van der Waals surface area contributed by atoms with Crippen LogP contribution in [0.5, 0.6) is 0 Å². The second-order valence-electron chi connectivity index (χ2n) is 5.02. The Morgan fingerprint density at radius 1 is 1.40 bits per heavy atom. The minimum Gasteiger partial charge on any atom is -0.444 e. The van der Waals surface area contributed by atoms with Crippen molar-refractivity contribution in [1.29, 1.82) is 0 Å². The van der Waals surface area contributed by atoms with Crippen molar-refractivity contribution in [2.75, 3.05) is 18.9 Å². The highest BCUT2D eigenvalue weighted by atomic mass is 16.6. The number of benzene rings is 1. The van der Waals surface area contributed by atoms with Gasteiger partial charge >= 0.3 is 6.09 Å². The van der Waals surface area contributed by atoms with Crippen molar-refractivity contribution in [2.45, 2.75) is 32.3 Å². The lowest BCUT2D eigenvalue weighted by Gasteiger charge is -2.09. The van der Waals surface area contributed by atoms with Crippen molar-refractivity contribution in [1.82, 2.24) is 4.90 Å². The summed E-state index contributed by atoms with van der Waals surface area (Å²) in [5.41, 5.74) is 2.04. The van der Waals surface area contributed by atoms with Crippen LogP contribution in [0.4, 0.5) is 10.5 Å². The number of nitrogens with zero attached hydrogens (tertiary/aromatic N) is 1. The lowest BCUT2D eigenvalue weighted by molar-refractivity contribution is -0.116. The third-order valence-corrected chi connectivity index (χ3v) is 3.40. The van der Waals surface area contributed by atoms with Gasteiger partial charge in [0.2, 0.25) is 5.91 Å². The van der Waals surface area contributed by atoms with Crippen LogP contribution in [0.3, 0.4) is 0 Å². The number of aryl methyl sites for hydroxylation is 1. The Labute approximate surface area is 118 Å². The first kappa shape index (κ1) is 14.4. The number of hydrogen-bond acceptors (Lipinski definition) is 3. The predicted molar refractivity (Wildman–Crippen MR) is 76.6 cm³/mol. The SMILES string of the molecule is CCc1ccc(NC(=O)CCC2CN(C)C(=O)O2)cc1. The molecule has 1 fully saturated rings. The maximum absolute atomic E-state index is 11.8. The summed E-state index contributed by atoms with van der Waals surface area (Å²) in [6.45, 7) is 2.64. The lowest BCUT2D eigenvalue weighted by atomic mass is 10.1. The zero-order valence-electron chi connectivity index (χ0n) is 11.9. The van der Waals surface area contributed by atoms with E-state index in [1.54, 1.807) is 7.05 Å². The molecule has 0 aromatic heterocycles. The van der Waals surface area contributed by atoms with Crippen molar-refractivity contribution in [3.63, 3.8) is 0 Å². The number of carbonyl (C=O) groups excluding carboxylic acids is 2. The molecular weight excluding hydrogens is 256 g/mol. The van der Waals surface area contributed by atoms with Crippen LogP contribution in [0.25, 0.3) is 0 Å². The highest BCUT2D eigenvalue weighted by molar-refractivity contribution is 5.90. The van der Waals surface area contributed by atoms with E-state index in [0.717, 1.165) is 12.1 Å². The van der Waals surface area contributed by atoms with Gasteiger partial charge in [0.15, 0.2) is 0 Å². The van der Waals surface area contributed by atoms with Gasteiger partial charge < -0.3 is 15.0 Å². The maximum atomic E-state index is 11.8. The average Bonchev–Trinajstić information content (AvgIpc) is 2.76. The molecule has 2 rings (SSSR count). The summed E-state index contributed by atoms with van der Waals surface area (Å²) >= 11 is 0. The average molecular weight is 276 g/mol. The van der Waals surface area contributed by atoms with E-state index in [1.807, 2.05) is 24.3 Å². The monoisotopic (exact) mass is 276 g/mol. The summed E-state index contributed by atoms with van der Waals surface area (Å²) in [7, 11) is 1.69. The highest BCUT2D eigenvalue weighted by Crippen LogP contribution is 2.15. The largest absolute Gasteiger partial charge is 0.444 e. The molecule has 1 N–H and O–H groups in total. The van der Waals surface area contributed by atoms with Gasteiger partial charge in [-0.1, -0.05) is 19.1 Å². The first-order valence-corrected chi connectivity index (χ1v) is 6.89. The van der Waals surface area contributed by atoms with Crippen LogP contribution in [0, 0.1) is 0 Å². The van der Waals surface area contributed by atoms with Gasteiger partial charge in [-0.05, 0) is 30.5 Å². The summed E-state index contributed by atoms with van der Waals surface area (Å²) < 4.78 is 5.11. The first-order valence-electron chi connectivity index (χ1n) is 6.89. The van der Waals surface area contributed by atoms with Gasteiger partial charge in [0.25, 0.3) is 0 Å². The van der Waals surface area contributed by atoms with Crippen molar-refractivity contribution < 1.29 is 14.3 Å². The first-order chi connectivity index (χ1) is 9.58. The minimum absolute atomic E-state index is 0.0557. The van der Waals surface area contributed by atoms with E-state index in [4.69, 9.17) is 4.74 Å². The van der Waals surface area contributed by atoms with Crippen LogP contribution in [-0.2, 0) is 16.0 Å². The third kappa shape index (κ3) is 3.73. The molecule has 1 aromatic rings. The topological polar surface area (TPSA) is 58.6 Å². The Morgan fingerprint density at radius 2 is 2.10 bits per heavy atom. The molecule has 1 aliphatic heterocycles. The summed E-state index contributed by atoms with van der Waals surface area (Å²) in [5, 5.41) is 2.85. The van der Waals surface area contributed by atoms with Crippen LogP contribution >= 0.6 is 0 Å². The molecule has 1 unspecified atom stereocenters. The lowest BCUT2D eigenvalue weighted by Crippen LogP contribution is -2.20. The molecule has 0 spiro atoms. The van der Waals surface area contributed by atoms with E-state index in [2.05, 4.69) is 12.2 Å². The van der Waals surface area contributed by atoms with Crippen molar-refractivity contribution in [2.24, 2.45) is 0 Å². The number of rotatable bonds is 5. The molecule has 1 saturated heterocycles. The second kappa shape index (κ2) is 6.41. The van der Waals surface area contributed by atoms with Crippen molar-refractivity contribution >= 4 is 17.7 Å². The smallest absolute Gasteiger partial charge is 0.409 e. The molecule has 0 bridgehead atoms. The number of anilines is 1.